The number of hydrogen-bond acceptors (Lipinski definition) is 5. The lowest BCUT2D eigenvalue weighted by Crippen LogP contribution is -2.19. The number of carbonyl (C=O) groups excluding carboxylic acids is 1. The molecular weight excluding hydrogens is 290 g/mol. The number of benzene rings is 1. The van der Waals surface area contributed by atoms with Gasteiger partial charge in [-0.15, -0.1) is 0 Å². The Morgan fingerprint density at radius 3 is 2.95 bits per heavy atom. The Morgan fingerprint density at radius 1 is 1.43 bits per heavy atom. The van der Waals surface area contributed by atoms with Crippen molar-refractivity contribution in [3.8, 4) is 5.75 Å². The molecule has 3 rings (SSSR count). The number of aromatic nitrogens is 1. The van der Waals surface area contributed by atoms with Crippen LogP contribution in [-0.2, 0) is 4.79 Å². The molecule has 0 fully saturated rings. The van der Waals surface area contributed by atoms with Gasteiger partial charge >= 0.3 is 0 Å². The van der Waals surface area contributed by atoms with Crippen molar-refractivity contribution >= 4 is 34.0 Å². The first-order valence-corrected chi connectivity index (χ1v) is 6.93. The summed E-state index contributed by atoms with van der Waals surface area (Å²) in [5.74, 6) is 0.521. The van der Waals surface area contributed by atoms with E-state index < -0.39 is 0 Å². The number of ether oxygens (including phenoxy) is 1. The molecule has 0 amide bonds. The Morgan fingerprint density at radius 2 is 2.24 bits per heavy atom. The number of hydrazone groups is 1. The van der Waals surface area contributed by atoms with Crippen molar-refractivity contribution < 1.29 is 9.53 Å². The molecule has 21 heavy (non-hydrogen) atoms. The number of nitrogens with one attached hydrogen (secondary N) is 1. The standard InChI is InChI=1S/C15H14ClN3O2/c1-8(20)14-12(7-17-19-14)11-6-9-5-10(21-2)3-4-13(9)18-15(11)16/h3-6,12,17H,7H2,1-2H3. The lowest BCUT2D eigenvalue weighted by atomic mass is 9.93. The van der Waals surface area contributed by atoms with E-state index in [9.17, 15) is 4.79 Å². The normalized spacial score (nSPS) is 17.5. The van der Waals surface area contributed by atoms with Gasteiger partial charge in [-0.25, -0.2) is 4.98 Å². The fourth-order valence-corrected chi connectivity index (χ4v) is 2.77. The van der Waals surface area contributed by atoms with E-state index in [0.717, 1.165) is 22.2 Å². The molecule has 0 bridgehead atoms. The van der Waals surface area contributed by atoms with Crippen LogP contribution in [-0.4, -0.2) is 30.1 Å². The number of carbonyl (C=O) groups is 1. The van der Waals surface area contributed by atoms with Crippen LogP contribution < -0.4 is 10.2 Å². The lowest BCUT2D eigenvalue weighted by molar-refractivity contribution is -0.111. The highest BCUT2D eigenvalue weighted by Gasteiger charge is 2.28. The molecule has 0 saturated carbocycles. The van der Waals surface area contributed by atoms with Gasteiger partial charge in [-0.05, 0) is 24.3 Å². The maximum Gasteiger partial charge on any atom is 0.176 e. The van der Waals surface area contributed by atoms with Gasteiger partial charge in [-0.1, -0.05) is 11.6 Å². The van der Waals surface area contributed by atoms with Crippen LogP contribution in [0, 0.1) is 0 Å². The molecule has 1 aliphatic heterocycles. The van der Waals surface area contributed by atoms with E-state index in [4.69, 9.17) is 16.3 Å². The second-order valence-corrected chi connectivity index (χ2v) is 5.25. The summed E-state index contributed by atoms with van der Waals surface area (Å²) in [5, 5.41) is 5.37. The monoisotopic (exact) mass is 303 g/mol. The minimum Gasteiger partial charge on any atom is -0.497 e. The molecule has 1 atom stereocenters. The fourth-order valence-electron chi connectivity index (χ4n) is 2.50. The van der Waals surface area contributed by atoms with Crippen LogP contribution in [0.25, 0.3) is 10.9 Å². The van der Waals surface area contributed by atoms with Gasteiger partial charge in [-0.3, -0.25) is 4.79 Å². The van der Waals surface area contributed by atoms with Crippen LogP contribution >= 0.6 is 11.6 Å². The maximum atomic E-state index is 11.7. The van der Waals surface area contributed by atoms with E-state index in [0.29, 0.717) is 17.4 Å². The molecule has 1 aliphatic rings. The third-order valence-corrected chi connectivity index (χ3v) is 3.87. The average molecular weight is 304 g/mol. The molecule has 0 spiro atoms. The predicted octanol–water partition coefficient (Wildman–Crippen LogP) is 2.53. The minimum atomic E-state index is -0.168. The van der Waals surface area contributed by atoms with Crippen LogP contribution in [0.5, 0.6) is 5.75 Å². The molecule has 1 aromatic heterocycles. The second kappa shape index (κ2) is 5.33. The van der Waals surface area contributed by atoms with E-state index in [-0.39, 0.29) is 11.7 Å². The molecule has 1 aromatic carbocycles. The van der Waals surface area contributed by atoms with Crippen LogP contribution in [0.3, 0.4) is 0 Å². The number of pyridine rings is 1. The third-order valence-electron chi connectivity index (χ3n) is 3.56. The van der Waals surface area contributed by atoms with E-state index in [2.05, 4.69) is 15.5 Å². The molecule has 1 N–H and O–H groups in total. The predicted molar refractivity (Wildman–Crippen MR) is 82.2 cm³/mol. The van der Waals surface area contributed by atoms with Crippen molar-refractivity contribution in [2.75, 3.05) is 13.7 Å². The molecule has 0 aliphatic carbocycles. The van der Waals surface area contributed by atoms with Gasteiger partial charge in [0.1, 0.15) is 16.6 Å². The fraction of sp³-hybridized carbons (Fsp3) is 0.267. The minimum absolute atomic E-state index is 0.0631. The van der Waals surface area contributed by atoms with E-state index >= 15 is 0 Å². The molecule has 0 radical (unpaired) electrons. The highest BCUT2D eigenvalue weighted by molar-refractivity contribution is 6.42. The zero-order valence-electron chi connectivity index (χ0n) is 11.7. The summed E-state index contributed by atoms with van der Waals surface area (Å²) in [4.78, 5) is 16.1. The largest absolute Gasteiger partial charge is 0.497 e. The van der Waals surface area contributed by atoms with Gasteiger partial charge in [0, 0.05) is 24.4 Å². The van der Waals surface area contributed by atoms with Gasteiger partial charge in [0.25, 0.3) is 0 Å². The highest BCUT2D eigenvalue weighted by Crippen LogP contribution is 2.31. The number of rotatable bonds is 3. The van der Waals surface area contributed by atoms with Crippen molar-refractivity contribution in [2.45, 2.75) is 12.8 Å². The zero-order chi connectivity index (χ0) is 15.0. The molecule has 108 valence electrons. The smallest absolute Gasteiger partial charge is 0.176 e. The van der Waals surface area contributed by atoms with Crippen molar-refractivity contribution in [1.29, 1.82) is 0 Å². The van der Waals surface area contributed by atoms with Gasteiger partial charge < -0.3 is 10.2 Å². The van der Waals surface area contributed by atoms with Crippen molar-refractivity contribution in [2.24, 2.45) is 5.10 Å². The number of fused-ring (bicyclic) bond motifs is 1. The Balaban J connectivity index is 2.12. The van der Waals surface area contributed by atoms with E-state index in [1.54, 1.807) is 7.11 Å². The number of methoxy groups -OCH3 is 1. The first kappa shape index (κ1) is 13.8. The molecule has 5 nitrogen and oxygen atoms in total. The number of nitrogens with zero attached hydrogens (tertiary/aromatic N) is 2. The van der Waals surface area contributed by atoms with Gasteiger partial charge in [-0.2, -0.15) is 5.10 Å². The summed E-state index contributed by atoms with van der Waals surface area (Å²) in [5.41, 5.74) is 4.93. The molecular formula is C15H14ClN3O2. The number of ketones is 1. The van der Waals surface area contributed by atoms with Crippen molar-refractivity contribution in [1.82, 2.24) is 10.4 Å². The van der Waals surface area contributed by atoms with Crippen LogP contribution in [0.15, 0.2) is 29.4 Å². The third kappa shape index (κ3) is 2.45. The van der Waals surface area contributed by atoms with Crippen molar-refractivity contribution in [3.63, 3.8) is 0 Å². The summed E-state index contributed by atoms with van der Waals surface area (Å²) < 4.78 is 5.23. The van der Waals surface area contributed by atoms with Gasteiger partial charge in [0.2, 0.25) is 0 Å². The Kier molecular flexibility index (Phi) is 3.51. The first-order chi connectivity index (χ1) is 10.1. The summed E-state index contributed by atoms with van der Waals surface area (Å²) in [7, 11) is 1.62. The van der Waals surface area contributed by atoms with Crippen LogP contribution in [0.1, 0.15) is 18.4 Å². The Bertz CT molecular complexity index is 758. The van der Waals surface area contributed by atoms with Crippen LogP contribution in [0.2, 0.25) is 5.15 Å². The second-order valence-electron chi connectivity index (χ2n) is 4.90. The molecule has 2 heterocycles. The van der Waals surface area contributed by atoms with Crippen LogP contribution in [0.4, 0.5) is 0 Å². The van der Waals surface area contributed by atoms with E-state index in [1.165, 1.54) is 6.92 Å². The Labute approximate surface area is 127 Å². The highest BCUT2D eigenvalue weighted by atomic mass is 35.5. The zero-order valence-corrected chi connectivity index (χ0v) is 12.4. The molecule has 1 unspecified atom stereocenters. The topological polar surface area (TPSA) is 63.6 Å². The van der Waals surface area contributed by atoms with Gasteiger partial charge in [0.15, 0.2) is 5.78 Å². The van der Waals surface area contributed by atoms with Crippen molar-refractivity contribution in [3.05, 3.63) is 35.0 Å². The number of halogens is 1. The SMILES string of the molecule is COc1ccc2nc(Cl)c(C3CNN=C3C(C)=O)cc2c1. The summed E-state index contributed by atoms with van der Waals surface area (Å²) in [6, 6.07) is 7.54. The van der Waals surface area contributed by atoms with Gasteiger partial charge in [0.05, 0.1) is 18.5 Å². The molecule has 2 aromatic rings. The summed E-state index contributed by atoms with van der Waals surface area (Å²) in [6.45, 7) is 2.05. The van der Waals surface area contributed by atoms with E-state index in [1.807, 2.05) is 24.3 Å². The maximum absolute atomic E-state index is 11.7. The lowest BCUT2D eigenvalue weighted by Gasteiger charge is -2.13. The number of hydrogen-bond donors (Lipinski definition) is 1. The molecule has 0 saturated heterocycles. The quantitative estimate of drug-likeness (QED) is 0.885. The first-order valence-electron chi connectivity index (χ1n) is 6.55. The average Bonchev–Trinajstić information content (AvgIpc) is 2.95. The Hall–Kier alpha value is -2.14. The summed E-state index contributed by atoms with van der Waals surface area (Å²) >= 11 is 6.29. The number of Topliss-reactive ketones (excluding diaryl/α,β-unsaturated/α-hetero) is 1. The summed E-state index contributed by atoms with van der Waals surface area (Å²) in [6.07, 6.45) is 0. The molecule has 6 heteroatoms.